The minimum absolute atomic E-state index is 0.0229. The second kappa shape index (κ2) is 6.95. The highest BCUT2D eigenvalue weighted by Crippen LogP contribution is 2.45. The monoisotopic (exact) mass is 282 g/mol. The van der Waals surface area contributed by atoms with Gasteiger partial charge in [0, 0.05) is 6.42 Å². The number of esters is 1. The van der Waals surface area contributed by atoms with Crippen LogP contribution >= 0.6 is 0 Å². The number of ether oxygens (including phenoxy) is 1. The van der Waals surface area contributed by atoms with Gasteiger partial charge in [0.25, 0.3) is 0 Å². The minimum atomic E-state index is -0.0229. The maximum absolute atomic E-state index is 11.7. The Morgan fingerprint density at radius 2 is 1.75 bits per heavy atom. The molecule has 0 saturated heterocycles. The van der Waals surface area contributed by atoms with Crippen LogP contribution in [0.5, 0.6) is 0 Å². The van der Waals surface area contributed by atoms with Crippen molar-refractivity contribution in [3.63, 3.8) is 0 Å². The van der Waals surface area contributed by atoms with Crippen LogP contribution in [0.25, 0.3) is 0 Å². The maximum atomic E-state index is 11.7. The summed E-state index contributed by atoms with van der Waals surface area (Å²) >= 11 is 0. The fourth-order valence-corrected chi connectivity index (χ4v) is 3.40. The van der Waals surface area contributed by atoms with E-state index in [1.165, 1.54) is 25.7 Å². The lowest BCUT2D eigenvalue weighted by Gasteiger charge is -2.32. The molecule has 0 aliphatic heterocycles. The smallest absolute Gasteiger partial charge is 0.305 e. The maximum Gasteiger partial charge on any atom is 0.305 e. The quantitative estimate of drug-likeness (QED) is 0.647. The fourth-order valence-electron chi connectivity index (χ4n) is 3.40. The Hall–Kier alpha value is -0.530. The molecule has 2 nitrogen and oxygen atoms in total. The van der Waals surface area contributed by atoms with Crippen LogP contribution in [0.3, 0.4) is 0 Å². The van der Waals surface area contributed by atoms with Gasteiger partial charge in [0.05, 0.1) is 6.61 Å². The molecule has 0 N–H and O–H groups in total. The molecule has 1 rings (SSSR count). The van der Waals surface area contributed by atoms with Crippen LogP contribution in [0.15, 0.2) is 0 Å². The van der Waals surface area contributed by atoms with E-state index in [-0.39, 0.29) is 11.4 Å². The van der Waals surface area contributed by atoms with E-state index in [9.17, 15) is 4.79 Å². The van der Waals surface area contributed by atoms with E-state index in [1.54, 1.807) is 0 Å². The molecule has 0 bridgehead atoms. The van der Waals surface area contributed by atoms with Gasteiger partial charge in [0.15, 0.2) is 0 Å². The number of hydrogen-bond donors (Lipinski definition) is 0. The van der Waals surface area contributed by atoms with Crippen molar-refractivity contribution in [1.29, 1.82) is 0 Å². The molecule has 1 fully saturated rings. The van der Waals surface area contributed by atoms with Crippen molar-refractivity contribution in [3.05, 3.63) is 0 Å². The number of carbonyl (C=O) groups excluding carboxylic acids is 1. The molecule has 0 heterocycles. The third-order valence-electron chi connectivity index (χ3n) is 4.39. The van der Waals surface area contributed by atoms with Gasteiger partial charge < -0.3 is 4.74 Å². The summed E-state index contributed by atoms with van der Waals surface area (Å²) in [5, 5.41) is 0. The molecule has 0 spiro atoms. The average Bonchev–Trinajstić information content (AvgIpc) is 2.73. The van der Waals surface area contributed by atoms with E-state index >= 15 is 0 Å². The topological polar surface area (TPSA) is 26.3 Å². The molecule has 118 valence electrons. The first-order chi connectivity index (χ1) is 9.09. The van der Waals surface area contributed by atoms with Crippen LogP contribution in [0.2, 0.25) is 0 Å². The van der Waals surface area contributed by atoms with E-state index in [2.05, 4.69) is 41.5 Å². The molecule has 0 aromatic heterocycles. The van der Waals surface area contributed by atoms with Crippen molar-refractivity contribution < 1.29 is 9.53 Å². The SMILES string of the molecule is CC(C)(C)COC(=O)CCCC1CCCC1C(C)(C)C. The predicted octanol–water partition coefficient (Wildman–Crippen LogP) is 5.21. The molecule has 1 aliphatic carbocycles. The summed E-state index contributed by atoms with van der Waals surface area (Å²) in [6.07, 6.45) is 6.83. The van der Waals surface area contributed by atoms with Gasteiger partial charge in [0.2, 0.25) is 0 Å². The molecule has 0 aromatic rings. The third kappa shape index (κ3) is 6.28. The lowest BCUT2D eigenvalue weighted by atomic mass is 9.73. The minimum Gasteiger partial charge on any atom is -0.465 e. The van der Waals surface area contributed by atoms with E-state index < -0.39 is 0 Å². The zero-order chi connectivity index (χ0) is 15.4. The van der Waals surface area contributed by atoms with E-state index in [4.69, 9.17) is 4.74 Å². The summed E-state index contributed by atoms with van der Waals surface area (Å²) in [7, 11) is 0. The lowest BCUT2D eigenvalue weighted by molar-refractivity contribution is -0.146. The first-order valence-electron chi connectivity index (χ1n) is 8.25. The molecule has 2 atom stereocenters. The average molecular weight is 282 g/mol. The van der Waals surface area contributed by atoms with Gasteiger partial charge in [-0.1, -0.05) is 54.4 Å². The number of rotatable bonds is 5. The largest absolute Gasteiger partial charge is 0.465 e. The van der Waals surface area contributed by atoms with E-state index in [0.717, 1.165) is 18.3 Å². The summed E-state index contributed by atoms with van der Waals surface area (Å²) < 4.78 is 5.33. The summed E-state index contributed by atoms with van der Waals surface area (Å²) in [4.78, 5) is 11.7. The van der Waals surface area contributed by atoms with Gasteiger partial charge in [-0.15, -0.1) is 0 Å². The highest BCUT2D eigenvalue weighted by molar-refractivity contribution is 5.69. The van der Waals surface area contributed by atoms with Gasteiger partial charge in [-0.05, 0) is 41.9 Å². The van der Waals surface area contributed by atoms with Crippen LogP contribution in [-0.4, -0.2) is 12.6 Å². The Kier molecular flexibility index (Phi) is 6.09. The van der Waals surface area contributed by atoms with Crippen LogP contribution in [-0.2, 0) is 9.53 Å². The molecule has 2 heteroatoms. The van der Waals surface area contributed by atoms with Gasteiger partial charge in [0.1, 0.15) is 0 Å². The third-order valence-corrected chi connectivity index (χ3v) is 4.39. The van der Waals surface area contributed by atoms with Gasteiger partial charge in [-0.3, -0.25) is 4.79 Å². The van der Waals surface area contributed by atoms with Crippen molar-refractivity contribution in [3.8, 4) is 0 Å². The van der Waals surface area contributed by atoms with Crippen LogP contribution in [0.4, 0.5) is 0 Å². The second-order valence-corrected chi connectivity index (χ2v) is 8.78. The van der Waals surface area contributed by atoms with Gasteiger partial charge in [-0.25, -0.2) is 0 Å². The molecule has 0 amide bonds. The zero-order valence-corrected chi connectivity index (χ0v) is 14.4. The van der Waals surface area contributed by atoms with Crippen molar-refractivity contribution in [2.75, 3.05) is 6.61 Å². The predicted molar refractivity (Wildman–Crippen MR) is 84.6 cm³/mol. The Bertz CT molecular complexity index is 306. The highest BCUT2D eigenvalue weighted by atomic mass is 16.5. The van der Waals surface area contributed by atoms with Crippen molar-refractivity contribution in [2.45, 2.75) is 80.1 Å². The van der Waals surface area contributed by atoms with E-state index in [0.29, 0.717) is 18.4 Å². The van der Waals surface area contributed by atoms with E-state index in [1.807, 2.05) is 0 Å². The highest BCUT2D eigenvalue weighted by Gasteiger charge is 2.35. The van der Waals surface area contributed by atoms with Crippen LogP contribution < -0.4 is 0 Å². The molecular weight excluding hydrogens is 248 g/mol. The molecule has 1 saturated carbocycles. The van der Waals surface area contributed by atoms with Gasteiger partial charge >= 0.3 is 5.97 Å². The fraction of sp³-hybridized carbons (Fsp3) is 0.944. The van der Waals surface area contributed by atoms with Gasteiger partial charge in [-0.2, -0.15) is 0 Å². The molecule has 2 unspecified atom stereocenters. The zero-order valence-electron chi connectivity index (χ0n) is 14.4. The number of carbonyl (C=O) groups is 1. The van der Waals surface area contributed by atoms with Crippen LogP contribution in [0.1, 0.15) is 80.1 Å². The molecule has 20 heavy (non-hydrogen) atoms. The molecular formula is C18H34O2. The molecule has 0 radical (unpaired) electrons. The lowest BCUT2D eigenvalue weighted by Crippen LogP contribution is -2.24. The molecule has 0 aromatic carbocycles. The normalized spacial score (nSPS) is 23.9. The first kappa shape index (κ1) is 17.5. The van der Waals surface area contributed by atoms with Crippen molar-refractivity contribution >= 4 is 5.97 Å². The Labute approximate surface area is 125 Å². The Morgan fingerprint density at radius 3 is 2.30 bits per heavy atom. The Morgan fingerprint density at radius 1 is 1.10 bits per heavy atom. The summed E-state index contributed by atoms with van der Waals surface area (Å²) in [5.41, 5.74) is 0.479. The summed E-state index contributed by atoms with van der Waals surface area (Å²) in [5.74, 6) is 1.61. The Balaban J connectivity index is 2.25. The standard InChI is InChI=1S/C18H34O2/c1-17(2,3)13-20-16(19)12-8-10-14-9-7-11-15(14)18(4,5)6/h14-15H,7-13H2,1-6H3. The van der Waals surface area contributed by atoms with Crippen molar-refractivity contribution in [2.24, 2.45) is 22.7 Å². The van der Waals surface area contributed by atoms with Crippen LogP contribution in [0, 0.1) is 22.7 Å². The summed E-state index contributed by atoms with van der Waals surface area (Å²) in [6, 6.07) is 0. The first-order valence-corrected chi connectivity index (χ1v) is 8.25. The number of hydrogen-bond acceptors (Lipinski definition) is 2. The van der Waals surface area contributed by atoms with Crippen molar-refractivity contribution in [1.82, 2.24) is 0 Å². The second-order valence-electron chi connectivity index (χ2n) is 8.78. The summed E-state index contributed by atoms with van der Waals surface area (Å²) in [6.45, 7) is 13.9. The molecule has 1 aliphatic rings.